The Morgan fingerprint density at radius 2 is 1.70 bits per heavy atom. The first-order chi connectivity index (χ1) is 9.56. The molecule has 0 heterocycles. The van der Waals surface area contributed by atoms with Crippen molar-refractivity contribution in [2.75, 3.05) is 0 Å². The molecule has 0 bridgehead atoms. The molecule has 2 aromatic rings. The summed E-state index contributed by atoms with van der Waals surface area (Å²) in [6, 6.07) is 13.4. The van der Waals surface area contributed by atoms with Gasteiger partial charge in [-0.25, -0.2) is 5.43 Å². The summed E-state index contributed by atoms with van der Waals surface area (Å²) < 4.78 is 0. The van der Waals surface area contributed by atoms with Gasteiger partial charge in [0.15, 0.2) is 0 Å². The zero-order valence-electron chi connectivity index (χ0n) is 12.0. The predicted octanol–water partition coefficient (Wildman–Crippen LogP) is 3.38. The molecule has 0 saturated carbocycles. The van der Waals surface area contributed by atoms with E-state index >= 15 is 0 Å². The van der Waals surface area contributed by atoms with Gasteiger partial charge < -0.3 is 0 Å². The average Bonchev–Trinajstić information content (AvgIpc) is 2.43. The van der Waals surface area contributed by atoms with E-state index in [1.165, 1.54) is 11.1 Å². The normalized spacial score (nSPS) is 10.8. The van der Waals surface area contributed by atoms with Gasteiger partial charge >= 0.3 is 0 Å². The van der Waals surface area contributed by atoms with E-state index in [2.05, 4.69) is 24.4 Å². The van der Waals surface area contributed by atoms with Crippen LogP contribution in [0.1, 0.15) is 32.6 Å². The van der Waals surface area contributed by atoms with Crippen molar-refractivity contribution in [2.45, 2.75) is 20.8 Å². The van der Waals surface area contributed by atoms with Gasteiger partial charge in [-0.2, -0.15) is 5.10 Å². The van der Waals surface area contributed by atoms with Gasteiger partial charge in [0.1, 0.15) is 0 Å². The minimum Gasteiger partial charge on any atom is -0.267 e. The van der Waals surface area contributed by atoms with Crippen LogP contribution in [0.4, 0.5) is 0 Å². The SMILES string of the molecule is Cc1ccc(C(=O)N/N=C\c2ccc(C)c(C)c2)cc1. The Morgan fingerprint density at radius 3 is 2.35 bits per heavy atom. The summed E-state index contributed by atoms with van der Waals surface area (Å²) in [5.41, 5.74) is 7.68. The van der Waals surface area contributed by atoms with Crippen molar-refractivity contribution >= 4 is 12.1 Å². The number of nitrogens with zero attached hydrogens (tertiary/aromatic N) is 1. The van der Waals surface area contributed by atoms with Crippen LogP contribution in [0, 0.1) is 20.8 Å². The van der Waals surface area contributed by atoms with Crippen LogP contribution in [0.15, 0.2) is 47.6 Å². The van der Waals surface area contributed by atoms with E-state index in [0.717, 1.165) is 11.1 Å². The van der Waals surface area contributed by atoms with Gasteiger partial charge in [0.2, 0.25) is 0 Å². The van der Waals surface area contributed by atoms with Gasteiger partial charge in [-0.1, -0.05) is 35.9 Å². The number of carbonyl (C=O) groups excluding carboxylic acids is 1. The maximum absolute atomic E-state index is 11.8. The van der Waals surface area contributed by atoms with Crippen LogP contribution in [0.2, 0.25) is 0 Å². The first-order valence-corrected chi connectivity index (χ1v) is 6.53. The Morgan fingerprint density at radius 1 is 1.00 bits per heavy atom. The lowest BCUT2D eigenvalue weighted by Crippen LogP contribution is -2.17. The summed E-state index contributed by atoms with van der Waals surface area (Å²) in [4.78, 5) is 11.8. The second-order valence-corrected chi connectivity index (χ2v) is 4.91. The van der Waals surface area contributed by atoms with Crippen LogP contribution in [0.3, 0.4) is 0 Å². The van der Waals surface area contributed by atoms with Crippen molar-refractivity contribution < 1.29 is 4.79 Å². The molecular weight excluding hydrogens is 248 g/mol. The number of rotatable bonds is 3. The molecule has 102 valence electrons. The van der Waals surface area contributed by atoms with Crippen molar-refractivity contribution in [3.8, 4) is 0 Å². The second-order valence-electron chi connectivity index (χ2n) is 4.91. The third-order valence-electron chi connectivity index (χ3n) is 3.22. The van der Waals surface area contributed by atoms with Crippen LogP contribution in [-0.4, -0.2) is 12.1 Å². The molecule has 2 rings (SSSR count). The Labute approximate surface area is 119 Å². The lowest BCUT2D eigenvalue weighted by Gasteiger charge is -2.02. The van der Waals surface area contributed by atoms with Crippen molar-refractivity contribution in [1.82, 2.24) is 5.43 Å². The van der Waals surface area contributed by atoms with Gasteiger partial charge in [-0.3, -0.25) is 4.79 Å². The maximum Gasteiger partial charge on any atom is 0.271 e. The molecule has 0 unspecified atom stereocenters. The zero-order valence-corrected chi connectivity index (χ0v) is 12.0. The quantitative estimate of drug-likeness (QED) is 0.671. The first kappa shape index (κ1) is 14.0. The highest BCUT2D eigenvalue weighted by atomic mass is 16.2. The number of benzene rings is 2. The molecule has 3 heteroatoms. The molecule has 0 saturated heterocycles. The number of hydrogen-bond acceptors (Lipinski definition) is 2. The Balaban J connectivity index is 2.00. The Kier molecular flexibility index (Phi) is 4.31. The molecule has 0 radical (unpaired) electrons. The van der Waals surface area contributed by atoms with Gasteiger partial charge in [0.05, 0.1) is 6.21 Å². The summed E-state index contributed by atoms with van der Waals surface area (Å²) in [5, 5.41) is 3.99. The molecule has 1 N–H and O–H groups in total. The highest BCUT2D eigenvalue weighted by molar-refractivity contribution is 5.94. The molecule has 0 aromatic heterocycles. The van der Waals surface area contributed by atoms with Crippen molar-refractivity contribution in [3.63, 3.8) is 0 Å². The third-order valence-corrected chi connectivity index (χ3v) is 3.22. The van der Waals surface area contributed by atoms with Crippen molar-refractivity contribution in [1.29, 1.82) is 0 Å². The van der Waals surface area contributed by atoms with E-state index < -0.39 is 0 Å². The smallest absolute Gasteiger partial charge is 0.267 e. The number of aryl methyl sites for hydroxylation is 3. The largest absolute Gasteiger partial charge is 0.271 e. The number of hydrogen-bond donors (Lipinski definition) is 1. The van der Waals surface area contributed by atoms with Gasteiger partial charge in [-0.05, 0) is 49.6 Å². The first-order valence-electron chi connectivity index (χ1n) is 6.53. The van der Waals surface area contributed by atoms with Crippen LogP contribution in [0.25, 0.3) is 0 Å². The molecule has 1 amide bonds. The van der Waals surface area contributed by atoms with Crippen LogP contribution >= 0.6 is 0 Å². The van der Waals surface area contributed by atoms with E-state index in [1.54, 1.807) is 18.3 Å². The van der Waals surface area contributed by atoms with E-state index in [1.807, 2.05) is 37.3 Å². The lowest BCUT2D eigenvalue weighted by atomic mass is 10.1. The summed E-state index contributed by atoms with van der Waals surface area (Å²) in [5.74, 6) is -0.204. The summed E-state index contributed by atoms with van der Waals surface area (Å²) in [6.07, 6.45) is 1.65. The molecular formula is C17H18N2O. The molecule has 0 aliphatic rings. The molecule has 0 atom stereocenters. The van der Waals surface area contributed by atoms with Crippen LogP contribution in [0.5, 0.6) is 0 Å². The van der Waals surface area contributed by atoms with Crippen LogP contribution in [-0.2, 0) is 0 Å². The highest BCUT2D eigenvalue weighted by Gasteiger charge is 2.02. The number of hydrazone groups is 1. The van der Waals surface area contributed by atoms with E-state index in [9.17, 15) is 4.79 Å². The summed E-state index contributed by atoms with van der Waals surface area (Å²) in [6.45, 7) is 6.10. The van der Waals surface area contributed by atoms with E-state index in [4.69, 9.17) is 0 Å². The average molecular weight is 266 g/mol. The fourth-order valence-corrected chi connectivity index (χ4v) is 1.78. The van der Waals surface area contributed by atoms with Gasteiger partial charge in [0.25, 0.3) is 5.91 Å². The van der Waals surface area contributed by atoms with E-state index in [0.29, 0.717) is 5.56 Å². The molecule has 0 aliphatic carbocycles. The minimum atomic E-state index is -0.204. The van der Waals surface area contributed by atoms with Gasteiger partial charge in [0, 0.05) is 5.56 Å². The zero-order chi connectivity index (χ0) is 14.5. The lowest BCUT2D eigenvalue weighted by molar-refractivity contribution is 0.0955. The molecule has 3 nitrogen and oxygen atoms in total. The third kappa shape index (κ3) is 3.54. The topological polar surface area (TPSA) is 41.5 Å². The van der Waals surface area contributed by atoms with Crippen molar-refractivity contribution in [2.24, 2.45) is 5.10 Å². The predicted molar refractivity (Wildman–Crippen MR) is 82.2 cm³/mol. The molecule has 0 fully saturated rings. The number of carbonyl (C=O) groups is 1. The second kappa shape index (κ2) is 6.15. The Hall–Kier alpha value is -2.42. The summed E-state index contributed by atoms with van der Waals surface area (Å²) in [7, 11) is 0. The molecule has 0 spiro atoms. The fourth-order valence-electron chi connectivity index (χ4n) is 1.78. The molecule has 20 heavy (non-hydrogen) atoms. The molecule has 2 aromatic carbocycles. The fraction of sp³-hybridized carbons (Fsp3) is 0.176. The van der Waals surface area contributed by atoms with Crippen LogP contribution < -0.4 is 5.43 Å². The van der Waals surface area contributed by atoms with Crippen molar-refractivity contribution in [3.05, 3.63) is 70.3 Å². The highest BCUT2D eigenvalue weighted by Crippen LogP contribution is 2.08. The minimum absolute atomic E-state index is 0.204. The standard InChI is InChI=1S/C17H18N2O/c1-12-4-8-16(9-5-12)17(20)19-18-11-15-7-6-13(2)14(3)10-15/h4-11H,1-3H3,(H,19,20)/b18-11-. The van der Waals surface area contributed by atoms with Gasteiger partial charge in [-0.15, -0.1) is 0 Å². The number of nitrogens with one attached hydrogen (secondary N) is 1. The number of amides is 1. The molecule has 0 aliphatic heterocycles. The summed E-state index contributed by atoms with van der Waals surface area (Å²) >= 11 is 0. The maximum atomic E-state index is 11.8. The Bertz CT molecular complexity index is 643. The van der Waals surface area contributed by atoms with E-state index in [-0.39, 0.29) is 5.91 Å². The monoisotopic (exact) mass is 266 g/mol.